The van der Waals surface area contributed by atoms with Gasteiger partial charge in [-0.25, -0.2) is 4.57 Å². The zero-order chi connectivity index (χ0) is 17.2. The van der Waals surface area contributed by atoms with Crippen LogP contribution < -0.4 is 0 Å². The smallest absolute Gasteiger partial charge is 0.341 e. The Bertz CT molecular complexity index is 418. The molecule has 0 atom stereocenters. The third kappa shape index (κ3) is 5.90. The summed E-state index contributed by atoms with van der Waals surface area (Å²) in [6.45, 7) is 18.7. The molecule has 1 heterocycles. The van der Waals surface area contributed by atoms with Crippen molar-refractivity contribution in [2.75, 3.05) is 26.2 Å². The SMILES string of the molecule is CCN1CCN(CC)C1=NP(=O)(OC(C)(C)C)OC(C)(C)C. The minimum absolute atomic E-state index is 0.600. The van der Waals surface area contributed by atoms with Gasteiger partial charge < -0.3 is 9.80 Å². The second-order valence-electron chi connectivity index (χ2n) is 7.44. The first-order valence-corrected chi connectivity index (χ1v) is 9.50. The summed E-state index contributed by atoms with van der Waals surface area (Å²) < 4.78 is 29.2. The summed E-state index contributed by atoms with van der Waals surface area (Å²) in [5.41, 5.74) is -1.20. The monoisotopic (exact) mass is 333 g/mol. The number of hydrogen-bond donors (Lipinski definition) is 0. The molecule has 1 aliphatic heterocycles. The average molecular weight is 333 g/mol. The van der Waals surface area contributed by atoms with E-state index in [1.54, 1.807) is 0 Å². The fourth-order valence-electron chi connectivity index (χ4n) is 2.23. The molecule has 0 aromatic rings. The average Bonchev–Trinajstić information content (AvgIpc) is 2.64. The molecule has 0 radical (unpaired) electrons. The summed E-state index contributed by atoms with van der Waals surface area (Å²) in [5, 5.41) is 0. The van der Waals surface area contributed by atoms with Crippen molar-refractivity contribution in [3.8, 4) is 0 Å². The molecule has 0 unspecified atom stereocenters. The van der Waals surface area contributed by atoms with Gasteiger partial charge in [0.2, 0.25) is 5.96 Å². The van der Waals surface area contributed by atoms with E-state index in [1.165, 1.54) is 0 Å². The highest BCUT2D eigenvalue weighted by molar-refractivity contribution is 7.52. The molecular weight excluding hydrogens is 301 g/mol. The number of nitrogens with zero attached hydrogens (tertiary/aromatic N) is 3. The molecule has 1 aliphatic rings. The molecule has 1 saturated heterocycles. The van der Waals surface area contributed by atoms with Crippen molar-refractivity contribution in [1.82, 2.24) is 9.80 Å². The Labute approximate surface area is 135 Å². The first-order chi connectivity index (χ1) is 9.89. The highest BCUT2D eigenvalue weighted by Crippen LogP contribution is 2.56. The van der Waals surface area contributed by atoms with E-state index >= 15 is 0 Å². The molecule has 7 heteroatoms. The zero-order valence-electron chi connectivity index (χ0n) is 15.3. The van der Waals surface area contributed by atoms with Crippen LogP contribution in [0.1, 0.15) is 55.4 Å². The Morgan fingerprint density at radius 3 is 1.59 bits per heavy atom. The molecule has 0 aromatic carbocycles. The van der Waals surface area contributed by atoms with Crippen LogP contribution >= 0.6 is 7.75 Å². The molecule has 1 fully saturated rings. The van der Waals surface area contributed by atoms with Crippen LogP contribution in [0.15, 0.2) is 4.76 Å². The second-order valence-corrected chi connectivity index (χ2v) is 8.94. The van der Waals surface area contributed by atoms with Gasteiger partial charge in [0.15, 0.2) is 0 Å². The van der Waals surface area contributed by atoms with Crippen molar-refractivity contribution in [1.29, 1.82) is 0 Å². The second kappa shape index (κ2) is 6.90. The predicted molar refractivity (Wildman–Crippen MR) is 91.2 cm³/mol. The summed E-state index contributed by atoms with van der Waals surface area (Å²) in [5.74, 6) is 0.710. The van der Waals surface area contributed by atoms with E-state index in [4.69, 9.17) is 9.05 Å². The van der Waals surface area contributed by atoms with Crippen molar-refractivity contribution in [3.63, 3.8) is 0 Å². The minimum Gasteiger partial charge on any atom is -0.341 e. The van der Waals surface area contributed by atoms with Gasteiger partial charge in [0, 0.05) is 26.2 Å². The third-order valence-corrected chi connectivity index (χ3v) is 4.94. The first-order valence-electron chi connectivity index (χ1n) is 8.01. The molecule has 0 amide bonds. The fraction of sp³-hybridized carbons (Fsp3) is 0.933. The Balaban J connectivity index is 3.20. The van der Waals surface area contributed by atoms with Crippen molar-refractivity contribution in [2.24, 2.45) is 4.76 Å². The molecule has 130 valence electrons. The van der Waals surface area contributed by atoms with E-state index in [-0.39, 0.29) is 0 Å². The summed E-state index contributed by atoms with van der Waals surface area (Å²) in [7, 11) is -3.61. The highest BCUT2D eigenvalue weighted by Gasteiger charge is 2.38. The van der Waals surface area contributed by atoms with Gasteiger partial charge in [-0.15, -0.1) is 4.76 Å². The lowest BCUT2D eigenvalue weighted by Crippen LogP contribution is -2.34. The lowest BCUT2D eigenvalue weighted by Gasteiger charge is -2.31. The number of guanidine groups is 1. The molecule has 0 N–H and O–H groups in total. The lowest BCUT2D eigenvalue weighted by atomic mass is 10.2. The van der Waals surface area contributed by atoms with Crippen LogP contribution in [0, 0.1) is 0 Å². The van der Waals surface area contributed by atoms with Gasteiger partial charge in [-0.05, 0) is 55.4 Å². The fourth-order valence-corrected chi connectivity index (χ4v) is 4.20. The Kier molecular flexibility index (Phi) is 6.10. The van der Waals surface area contributed by atoms with Gasteiger partial charge in [0.1, 0.15) is 0 Å². The first kappa shape index (κ1) is 19.5. The van der Waals surface area contributed by atoms with Gasteiger partial charge in [-0.3, -0.25) is 9.05 Å². The van der Waals surface area contributed by atoms with E-state index in [9.17, 15) is 4.57 Å². The summed E-state index contributed by atoms with van der Waals surface area (Å²) in [6, 6.07) is 0. The van der Waals surface area contributed by atoms with Crippen molar-refractivity contribution in [2.45, 2.75) is 66.6 Å². The molecule has 0 aliphatic carbocycles. The predicted octanol–water partition coefficient (Wildman–Crippen LogP) is 3.74. The molecule has 0 aromatic heterocycles. The van der Waals surface area contributed by atoms with Gasteiger partial charge in [-0.1, -0.05) is 0 Å². The molecule has 6 nitrogen and oxygen atoms in total. The van der Waals surface area contributed by atoms with E-state index in [0.29, 0.717) is 5.96 Å². The molecule has 22 heavy (non-hydrogen) atoms. The van der Waals surface area contributed by atoms with Crippen LogP contribution in [0.2, 0.25) is 0 Å². The van der Waals surface area contributed by atoms with Gasteiger partial charge >= 0.3 is 7.75 Å². The van der Waals surface area contributed by atoms with Crippen LogP contribution in [0.4, 0.5) is 0 Å². The number of likely N-dealkylation sites (N-methyl/N-ethyl adjacent to an activating group) is 2. The normalized spacial score (nSPS) is 17.4. The number of rotatable bonds is 5. The Hall–Kier alpha value is -0.580. The van der Waals surface area contributed by atoms with Crippen LogP contribution in [-0.4, -0.2) is 53.1 Å². The standard InChI is InChI=1S/C15H32N3O3P/c1-9-17-11-12-18(10-2)13(17)16-22(19,20-14(3,4)5)21-15(6,7)8/h9-12H2,1-8H3. The topological polar surface area (TPSA) is 54.4 Å². The summed E-state index contributed by atoms with van der Waals surface area (Å²) in [6.07, 6.45) is 0. The van der Waals surface area contributed by atoms with Crippen molar-refractivity contribution >= 4 is 13.7 Å². The van der Waals surface area contributed by atoms with E-state index in [1.807, 2.05) is 41.5 Å². The van der Waals surface area contributed by atoms with Gasteiger partial charge in [-0.2, -0.15) is 0 Å². The molecule has 1 rings (SSSR count). The largest absolute Gasteiger partial charge is 0.458 e. The van der Waals surface area contributed by atoms with E-state index in [0.717, 1.165) is 26.2 Å². The Morgan fingerprint density at radius 1 is 0.955 bits per heavy atom. The summed E-state index contributed by atoms with van der Waals surface area (Å²) in [4.78, 5) is 4.21. The Morgan fingerprint density at radius 2 is 1.32 bits per heavy atom. The van der Waals surface area contributed by atoms with E-state index < -0.39 is 18.9 Å². The van der Waals surface area contributed by atoms with Crippen molar-refractivity contribution in [3.05, 3.63) is 0 Å². The summed E-state index contributed by atoms with van der Waals surface area (Å²) >= 11 is 0. The third-order valence-electron chi connectivity index (χ3n) is 2.96. The number of hydrogen-bond acceptors (Lipinski definition) is 3. The quantitative estimate of drug-likeness (QED) is 0.717. The van der Waals surface area contributed by atoms with Gasteiger partial charge in [0.25, 0.3) is 0 Å². The van der Waals surface area contributed by atoms with Crippen molar-refractivity contribution < 1.29 is 13.6 Å². The zero-order valence-corrected chi connectivity index (χ0v) is 16.2. The van der Waals surface area contributed by atoms with Crippen LogP contribution in [-0.2, 0) is 13.6 Å². The minimum atomic E-state index is -3.61. The van der Waals surface area contributed by atoms with Crippen LogP contribution in [0.3, 0.4) is 0 Å². The highest BCUT2D eigenvalue weighted by atomic mass is 31.2. The lowest BCUT2D eigenvalue weighted by molar-refractivity contribution is 0.0493. The van der Waals surface area contributed by atoms with Gasteiger partial charge in [0.05, 0.1) is 11.2 Å². The van der Waals surface area contributed by atoms with Crippen LogP contribution in [0.5, 0.6) is 0 Å². The maximum Gasteiger partial charge on any atom is 0.458 e. The molecule has 0 spiro atoms. The molecular formula is C15H32N3O3P. The van der Waals surface area contributed by atoms with Crippen LogP contribution in [0.25, 0.3) is 0 Å². The molecule has 0 bridgehead atoms. The molecule has 0 saturated carbocycles. The van der Waals surface area contributed by atoms with E-state index in [2.05, 4.69) is 28.4 Å². The maximum atomic E-state index is 13.2. The maximum absolute atomic E-state index is 13.2.